The zero-order chi connectivity index (χ0) is 14.3. The number of aromatic amines is 1. The molecule has 3 rings (SSSR count). The molecule has 0 radical (unpaired) electrons. The summed E-state index contributed by atoms with van der Waals surface area (Å²) in [6, 6.07) is 5.31. The summed E-state index contributed by atoms with van der Waals surface area (Å²) in [5, 5.41) is 1.59. The highest BCUT2D eigenvalue weighted by Gasteiger charge is 2.18. The average molecular weight is 309 g/mol. The maximum absolute atomic E-state index is 6.26. The van der Waals surface area contributed by atoms with Crippen LogP contribution in [0.25, 0.3) is 22.2 Å². The van der Waals surface area contributed by atoms with Gasteiger partial charge in [-0.3, -0.25) is 0 Å². The van der Waals surface area contributed by atoms with Crippen LogP contribution in [0.3, 0.4) is 0 Å². The van der Waals surface area contributed by atoms with Crippen molar-refractivity contribution in [3.8, 4) is 16.9 Å². The molecule has 0 unspecified atom stereocenters. The molecule has 0 saturated heterocycles. The number of hydrogen-bond donors (Lipinski definition) is 2. The first kappa shape index (κ1) is 13.0. The fourth-order valence-electron chi connectivity index (χ4n) is 2.09. The van der Waals surface area contributed by atoms with Crippen LogP contribution in [0.1, 0.15) is 0 Å². The van der Waals surface area contributed by atoms with Gasteiger partial charge >= 0.3 is 0 Å². The van der Waals surface area contributed by atoms with Crippen molar-refractivity contribution in [1.82, 2.24) is 15.0 Å². The second-order valence-electron chi connectivity index (χ2n) is 4.14. The standard InChI is InChI=1S/C13H10Cl2N4O/c1-20-6-2-3-8(14)7(4-6)9-10-12(16)17-5-18-13(10)19-11(9)15/h2-5H,1H3,(H3,16,17,18,19). The summed E-state index contributed by atoms with van der Waals surface area (Å²) in [5.74, 6) is 1.01. The molecule has 3 aromatic rings. The average Bonchev–Trinajstić information content (AvgIpc) is 2.77. The number of hydrogen-bond acceptors (Lipinski definition) is 4. The zero-order valence-corrected chi connectivity index (χ0v) is 12.0. The van der Waals surface area contributed by atoms with Crippen LogP contribution in [0.5, 0.6) is 5.75 Å². The molecule has 5 nitrogen and oxygen atoms in total. The van der Waals surface area contributed by atoms with Crippen LogP contribution >= 0.6 is 23.2 Å². The van der Waals surface area contributed by atoms with Crippen LogP contribution in [0.15, 0.2) is 24.5 Å². The lowest BCUT2D eigenvalue weighted by Gasteiger charge is -2.07. The van der Waals surface area contributed by atoms with E-state index in [0.717, 1.165) is 0 Å². The monoisotopic (exact) mass is 308 g/mol. The predicted molar refractivity (Wildman–Crippen MR) is 80.3 cm³/mol. The molecule has 0 amide bonds. The largest absolute Gasteiger partial charge is 0.497 e. The summed E-state index contributed by atoms with van der Waals surface area (Å²) in [7, 11) is 1.58. The van der Waals surface area contributed by atoms with E-state index in [-0.39, 0.29) is 0 Å². The fourth-order valence-corrected chi connectivity index (χ4v) is 2.59. The Morgan fingerprint density at radius 2 is 2.05 bits per heavy atom. The summed E-state index contributed by atoms with van der Waals surface area (Å²) < 4.78 is 5.22. The van der Waals surface area contributed by atoms with Gasteiger partial charge in [0.05, 0.1) is 12.5 Å². The molecule has 0 atom stereocenters. The summed E-state index contributed by atoms with van der Waals surface area (Å²) in [6.45, 7) is 0. The first-order chi connectivity index (χ1) is 9.61. The summed E-state index contributed by atoms with van der Waals surface area (Å²) >= 11 is 12.5. The van der Waals surface area contributed by atoms with Crippen molar-refractivity contribution in [3.63, 3.8) is 0 Å². The number of H-pyrrole nitrogens is 1. The number of anilines is 1. The second-order valence-corrected chi connectivity index (χ2v) is 4.93. The SMILES string of the molecule is COc1ccc(Cl)c(-c2c(Cl)[nH]c3ncnc(N)c23)c1. The van der Waals surface area contributed by atoms with E-state index in [4.69, 9.17) is 33.7 Å². The first-order valence-electron chi connectivity index (χ1n) is 5.73. The van der Waals surface area contributed by atoms with E-state index in [2.05, 4.69) is 15.0 Å². The van der Waals surface area contributed by atoms with Gasteiger partial charge in [-0.1, -0.05) is 23.2 Å². The Bertz CT molecular complexity index is 800. The minimum absolute atomic E-state index is 0.340. The third-order valence-corrected chi connectivity index (χ3v) is 3.63. The fraction of sp³-hybridized carbons (Fsp3) is 0.0769. The van der Waals surface area contributed by atoms with Crippen LogP contribution < -0.4 is 10.5 Å². The maximum atomic E-state index is 6.26. The molecular formula is C13H10Cl2N4O. The highest BCUT2D eigenvalue weighted by atomic mass is 35.5. The van der Waals surface area contributed by atoms with Crippen molar-refractivity contribution < 1.29 is 4.74 Å². The second kappa shape index (κ2) is 4.85. The Balaban J connectivity index is 2.37. The van der Waals surface area contributed by atoms with Crippen LogP contribution in [-0.2, 0) is 0 Å². The topological polar surface area (TPSA) is 76.8 Å². The Morgan fingerprint density at radius 3 is 2.80 bits per heavy atom. The number of nitrogen functional groups attached to an aromatic ring is 1. The van der Waals surface area contributed by atoms with E-state index in [9.17, 15) is 0 Å². The smallest absolute Gasteiger partial charge is 0.144 e. The number of rotatable bonds is 2. The van der Waals surface area contributed by atoms with Crippen molar-refractivity contribution in [2.75, 3.05) is 12.8 Å². The lowest BCUT2D eigenvalue weighted by molar-refractivity contribution is 0.415. The van der Waals surface area contributed by atoms with E-state index in [1.54, 1.807) is 25.3 Å². The molecule has 0 spiro atoms. The van der Waals surface area contributed by atoms with E-state index in [1.165, 1.54) is 6.33 Å². The molecule has 2 heterocycles. The molecule has 0 aliphatic heterocycles. The molecule has 0 bridgehead atoms. The molecule has 20 heavy (non-hydrogen) atoms. The molecule has 102 valence electrons. The molecule has 3 N–H and O–H groups in total. The third-order valence-electron chi connectivity index (χ3n) is 3.02. The number of nitrogens with two attached hydrogens (primary N) is 1. The number of methoxy groups -OCH3 is 1. The summed E-state index contributed by atoms with van der Waals surface area (Å²) in [5.41, 5.74) is 7.87. The van der Waals surface area contributed by atoms with E-state index in [0.29, 0.717) is 43.9 Å². The van der Waals surface area contributed by atoms with Crippen molar-refractivity contribution in [2.45, 2.75) is 0 Å². The quantitative estimate of drug-likeness (QED) is 0.759. The van der Waals surface area contributed by atoms with E-state index >= 15 is 0 Å². The minimum atomic E-state index is 0.340. The molecule has 0 fully saturated rings. The van der Waals surface area contributed by atoms with Crippen molar-refractivity contribution >= 4 is 40.1 Å². The van der Waals surface area contributed by atoms with Crippen LogP contribution in [0, 0.1) is 0 Å². The van der Waals surface area contributed by atoms with Crippen molar-refractivity contribution in [3.05, 3.63) is 34.7 Å². The number of fused-ring (bicyclic) bond motifs is 1. The van der Waals surface area contributed by atoms with Gasteiger partial charge in [-0.25, -0.2) is 9.97 Å². The van der Waals surface area contributed by atoms with Crippen LogP contribution in [-0.4, -0.2) is 22.1 Å². The predicted octanol–water partition coefficient (Wildman–Crippen LogP) is 3.52. The van der Waals surface area contributed by atoms with Gasteiger partial charge in [-0.2, -0.15) is 0 Å². The third kappa shape index (κ3) is 1.95. The lowest BCUT2D eigenvalue weighted by atomic mass is 10.1. The molecular weight excluding hydrogens is 299 g/mol. The molecule has 2 aromatic heterocycles. The van der Waals surface area contributed by atoms with Crippen molar-refractivity contribution in [1.29, 1.82) is 0 Å². The van der Waals surface area contributed by atoms with Gasteiger partial charge in [0.2, 0.25) is 0 Å². The Hall–Kier alpha value is -1.98. The van der Waals surface area contributed by atoms with Gasteiger partial charge in [0, 0.05) is 16.1 Å². The number of halogens is 2. The molecule has 0 aliphatic rings. The van der Waals surface area contributed by atoms with Gasteiger partial charge in [-0.05, 0) is 18.2 Å². The first-order valence-corrected chi connectivity index (χ1v) is 6.49. The highest BCUT2D eigenvalue weighted by Crippen LogP contribution is 2.41. The van der Waals surface area contributed by atoms with Gasteiger partial charge in [-0.15, -0.1) is 0 Å². The number of aromatic nitrogens is 3. The number of nitrogens with zero attached hydrogens (tertiary/aromatic N) is 2. The lowest BCUT2D eigenvalue weighted by Crippen LogP contribution is -1.93. The Labute approximate surface area is 124 Å². The van der Waals surface area contributed by atoms with Gasteiger partial charge in [0.1, 0.15) is 28.7 Å². The summed E-state index contributed by atoms with van der Waals surface area (Å²) in [4.78, 5) is 11.1. The molecule has 0 aliphatic carbocycles. The van der Waals surface area contributed by atoms with Gasteiger partial charge in [0.15, 0.2) is 0 Å². The molecule has 1 aromatic carbocycles. The number of benzene rings is 1. The summed E-state index contributed by atoms with van der Waals surface area (Å²) in [6.07, 6.45) is 1.38. The van der Waals surface area contributed by atoms with E-state index in [1.807, 2.05) is 0 Å². The van der Waals surface area contributed by atoms with Gasteiger partial charge < -0.3 is 15.5 Å². The Kier molecular flexibility index (Phi) is 3.16. The zero-order valence-electron chi connectivity index (χ0n) is 10.4. The number of ether oxygens (including phenoxy) is 1. The highest BCUT2D eigenvalue weighted by molar-refractivity contribution is 6.38. The van der Waals surface area contributed by atoms with E-state index < -0.39 is 0 Å². The normalized spacial score (nSPS) is 10.9. The Morgan fingerprint density at radius 1 is 1.25 bits per heavy atom. The number of nitrogens with one attached hydrogen (secondary N) is 1. The van der Waals surface area contributed by atoms with Crippen molar-refractivity contribution in [2.24, 2.45) is 0 Å². The minimum Gasteiger partial charge on any atom is -0.497 e. The van der Waals surface area contributed by atoms with Crippen LogP contribution in [0.2, 0.25) is 10.2 Å². The molecule has 0 saturated carbocycles. The van der Waals surface area contributed by atoms with Crippen LogP contribution in [0.4, 0.5) is 5.82 Å². The van der Waals surface area contributed by atoms with Gasteiger partial charge in [0.25, 0.3) is 0 Å². The maximum Gasteiger partial charge on any atom is 0.144 e. The molecule has 7 heteroatoms.